The number of carbonyl (C=O) groups excluding carboxylic acids is 1. The van der Waals surface area contributed by atoms with Gasteiger partial charge in [0, 0.05) is 37.6 Å². The van der Waals surface area contributed by atoms with Crippen molar-refractivity contribution in [2.24, 2.45) is 0 Å². The highest BCUT2D eigenvalue weighted by atomic mass is 35.5. The highest BCUT2D eigenvalue weighted by molar-refractivity contribution is 6.30. The number of carbonyl (C=O) groups is 1. The zero-order chi connectivity index (χ0) is 15.4. The van der Waals surface area contributed by atoms with Crippen molar-refractivity contribution in [1.29, 1.82) is 0 Å². The van der Waals surface area contributed by atoms with Gasteiger partial charge >= 0.3 is 0 Å². The highest BCUT2D eigenvalue weighted by Gasteiger charge is 2.21. The summed E-state index contributed by atoms with van der Waals surface area (Å²) in [6, 6.07) is 11.6. The van der Waals surface area contributed by atoms with Crippen molar-refractivity contribution in [3.8, 4) is 0 Å². The van der Waals surface area contributed by atoms with E-state index in [0.717, 1.165) is 37.5 Å². The van der Waals surface area contributed by atoms with Gasteiger partial charge in [0.05, 0.1) is 12.8 Å². The third-order valence-corrected chi connectivity index (χ3v) is 4.14. The summed E-state index contributed by atoms with van der Waals surface area (Å²) in [6.07, 6.45) is 2.23. The van der Waals surface area contributed by atoms with Crippen molar-refractivity contribution >= 4 is 17.5 Å². The van der Waals surface area contributed by atoms with Gasteiger partial charge < -0.3 is 9.32 Å². The minimum atomic E-state index is 0.196. The monoisotopic (exact) mass is 318 g/mol. The van der Waals surface area contributed by atoms with Gasteiger partial charge in [0.1, 0.15) is 5.76 Å². The summed E-state index contributed by atoms with van der Waals surface area (Å²) in [4.78, 5) is 16.5. The van der Waals surface area contributed by atoms with Crippen LogP contribution in [0.3, 0.4) is 0 Å². The molecule has 1 aromatic carbocycles. The molecule has 0 aliphatic carbocycles. The second-order valence-corrected chi connectivity index (χ2v) is 5.99. The molecule has 1 aliphatic rings. The highest BCUT2D eigenvalue weighted by Crippen LogP contribution is 2.15. The molecule has 116 valence electrons. The fraction of sp³-hybridized carbons (Fsp3) is 0.353. The molecule has 0 atom stereocenters. The molecule has 3 rings (SSSR count). The molecule has 22 heavy (non-hydrogen) atoms. The van der Waals surface area contributed by atoms with E-state index in [4.69, 9.17) is 16.0 Å². The molecule has 2 aromatic rings. The van der Waals surface area contributed by atoms with E-state index >= 15 is 0 Å². The summed E-state index contributed by atoms with van der Waals surface area (Å²) in [7, 11) is 0. The second-order valence-electron chi connectivity index (χ2n) is 5.55. The van der Waals surface area contributed by atoms with Crippen molar-refractivity contribution in [1.82, 2.24) is 9.80 Å². The normalized spacial score (nSPS) is 16.8. The number of amides is 1. The van der Waals surface area contributed by atoms with Gasteiger partial charge in [-0.1, -0.05) is 23.7 Å². The molecule has 1 saturated heterocycles. The second kappa shape index (κ2) is 6.99. The molecule has 1 aliphatic heterocycles. The van der Waals surface area contributed by atoms with E-state index in [0.29, 0.717) is 18.0 Å². The van der Waals surface area contributed by atoms with Crippen LogP contribution in [0.5, 0.6) is 0 Å². The van der Waals surface area contributed by atoms with Crippen LogP contribution in [-0.4, -0.2) is 35.3 Å². The molecular weight excluding hydrogens is 300 g/mol. The molecule has 1 amide bonds. The predicted octanol–water partition coefficient (Wildman–Crippen LogP) is 3.17. The fourth-order valence-corrected chi connectivity index (χ4v) is 2.93. The Hall–Kier alpha value is -1.78. The lowest BCUT2D eigenvalue weighted by molar-refractivity contribution is -0.130. The molecule has 2 heterocycles. The van der Waals surface area contributed by atoms with Crippen molar-refractivity contribution in [3.63, 3.8) is 0 Å². The van der Waals surface area contributed by atoms with Crippen LogP contribution in [0, 0.1) is 0 Å². The van der Waals surface area contributed by atoms with Gasteiger partial charge in [0.15, 0.2) is 0 Å². The Morgan fingerprint density at radius 2 is 2.00 bits per heavy atom. The molecule has 0 spiro atoms. The quantitative estimate of drug-likeness (QED) is 0.869. The number of hydrogen-bond donors (Lipinski definition) is 0. The van der Waals surface area contributed by atoms with Gasteiger partial charge in [-0.15, -0.1) is 0 Å². The predicted molar refractivity (Wildman–Crippen MR) is 85.5 cm³/mol. The minimum Gasteiger partial charge on any atom is -0.468 e. The first-order chi connectivity index (χ1) is 10.7. The van der Waals surface area contributed by atoms with Crippen molar-refractivity contribution < 1.29 is 9.21 Å². The number of benzene rings is 1. The summed E-state index contributed by atoms with van der Waals surface area (Å²) < 4.78 is 5.38. The van der Waals surface area contributed by atoms with Crippen LogP contribution >= 0.6 is 11.6 Å². The first-order valence-electron chi connectivity index (χ1n) is 7.48. The van der Waals surface area contributed by atoms with Crippen LogP contribution in [0.1, 0.15) is 17.7 Å². The largest absolute Gasteiger partial charge is 0.468 e. The Labute approximate surface area is 135 Å². The van der Waals surface area contributed by atoms with E-state index in [9.17, 15) is 4.79 Å². The first kappa shape index (κ1) is 15.1. The zero-order valence-corrected chi connectivity index (χ0v) is 13.1. The van der Waals surface area contributed by atoms with E-state index in [1.807, 2.05) is 41.3 Å². The van der Waals surface area contributed by atoms with E-state index in [1.165, 1.54) is 0 Å². The topological polar surface area (TPSA) is 36.7 Å². The van der Waals surface area contributed by atoms with E-state index in [1.54, 1.807) is 6.26 Å². The van der Waals surface area contributed by atoms with E-state index in [-0.39, 0.29) is 5.91 Å². The summed E-state index contributed by atoms with van der Waals surface area (Å²) in [5, 5.41) is 0.708. The lowest BCUT2D eigenvalue weighted by atomic mass is 10.2. The van der Waals surface area contributed by atoms with Gasteiger partial charge in [-0.2, -0.15) is 0 Å². The van der Waals surface area contributed by atoms with Gasteiger partial charge in [0.2, 0.25) is 5.91 Å². The Kier molecular flexibility index (Phi) is 4.80. The van der Waals surface area contributed by atoms with Crippen molar-refractivity contribution in [2.75, 3.05) is 19.6 Å². The van der Waals surface area contributed by atoms with Crippen LogP contribution < -0.4 is 0 Å². The number of nitrogens with zero attached hydrogens (tertiary/aromatic N) is 2. The summed E-state index contributed by atoms with van der Waals surface area (Å²) in [6.45, 7) is 3.73. The number of hydrogen-bond acceptors (Lipinski definition) is 3. The summed E-state index contributed by atoms with van der Waals surface area (Å²) in [5.74, 6) is 1.14. The Morgan fingerprint density at radius 1 is 1.09 bits per heavy atom. The average molecular weight is 319 g/mol. The van der Waals surface area contributed by atoms with Gasteiger partial charge in [0.25, 0.3) is 0 Å². The average Bonchev–Trinajstić information content (AvgIpc) is 2.95. The zero-order valence-electron chi connectivity index (χ0n) is 12.4. The van der Waals surface area contributed by atoms with Crippen LogP contribution in [-0.2, 0) is 17.9 Å². The standard InChI is InChI=1S/C17H19ClN2O2/c18-15-4-1-3-14(11-15)12-20-9-8-19(7-6-17(20)21)13-16-5-2-10-22-16/h1-5,10-11H,6-9,12-13H2. The molecule has 4 nitrogen and oxygen atoms in total. The van der Waals surface area contributed by atoms with Crippen LogP contribution in [0.15, 0.2) is 47.1 Å². The third kappa shape index (κ3) is 3.90. The Bertz CT molecular complexity index is 627. The van der Waals surface area contributed by atoms with E-state index in [2.05, 4.69) is 4.90 Å². The third-order valence-electron chi connectivity index (χ3n) is 3.90. The van der Waals surface area contributed by atoms with Gasteiger partial charge in [-0.3, -0.25) is 9.69 Å². The molecule has 1 aromatic heterocycles. The first-order valence-corrected chi connectivity index (χ1v) is 7.85. The van der Waals surface area contributed by atoms with Crippen LogP contribution in [0.2, 0.25) is 5.02 Å². The van der Waals surface area contributed by atoms with E-state index < -0.39 is 0 Å². The molecule has 0 N–H and O–H groups in total. The number of halogens is 1. The smallest absolute Gasteiger partial charge is 0.224 e. The number of furan rings is 1. The molecule has 0 bridgehead atoms. The minimum absolute atomic E-state index is 0.196. The Balaban J connectivity index is 1.61. The molecule has 0 saturated carbocycles. The maximum absolute atomic E-state index is 12.3. The number of rotatable bonds is 4. The fourth-order valence-electron chi connectivity index (χ4n) is 2.71. The van der Waals surface area contributed by atoms with Gasteiger partial charge in [-0.05, 0) is 29.8 Å². The van der Waals surface area contributed by atoms with Crippen LogP contribution in [0.4, 0.5) is 0 Å². The maximum atomic E-state index is 12.3. The lowest BCUT2D eigenvalue weighted by Gasteiger charge is -2.21. The van der Waals surface area contributed by atoms with Crippen molar-refractivity contribution in [3.05, 3.63) is 59.0 Å². The molecule has 1 fully saturated rings. The summed E-state index contributed by atoms with van der Waals surface area (Å²) >= 11 is 6.01. The SMILES string of the molecule is O=C1CCN(Cc2ccco2)CCN1Cc1cccc(Cl)c1. The maximum Gasteiger partial charge on any atom is 0.224 e. The lowest BCUT2D eigenvalue weighted by Crippen LogP contribution is -2.32. The Morgan fingerprint density at radius 3 is 2.77 bits per heavy atom. The van der Waals surface area contributed by atoms with Crippen molar-refractivity contribution in [2.45, 2.75) is 19.5 Å². The molecule has 0 radical (unpaired) electrons. The molecular formula is C17H19ClN2O2. The molecule has 0 unspecified atom stereocenters. The molecule has 5 heteroatoms. The van der Waals surface area contributed by atoms with Gasteiger partial charge in [-0.25, -0.2) is 0 Å². The summed E-state index contributed by atoms with van der Waals surface area (Å²) in [5.41, 5.74) is 1.07. The van der Waals surface area contributed by atoms with Crippen LogP contribution in [0.25, 0.3) is 0 Å².